The van der Waals surface area contributed by atoms with Gasteiger partial charge in [-0.2, -0.15) is 0 Å². The predicted molar refractivity (Wildman–Crippen MR) is 113 cm³/mol. The van der Waals surface area contributed by atoms with Crippen molar-refractivity contribution in [3.05, 3.63) is 42.5 Å². The number of fused-ring (bicyclic) bond motifs is 1. The molecule has 1 aliphatic heterocycles. The van der Waals surface area contributed by atoms with E-state index in [1.807, 2.05) is 6.92 Å². The number of hydrogen-bond acceptors (Lipinski definition) is 6. The van der Waals surface area contributed by atoms with Crippen molar-refractivity contribution in [1.82, 2.24) is 0 Å². The van der Waals surface area contributed by atoms with Gasteiger partial charge in [0.15, 0.2) is 9.84 Å². The van der Waals surface area contributed by atoms with Crippen molar-refractivity contribution < 1.29 is 22.7 Å². The fraction of sp³-hybridized carbons (Fsp3) is 0.300. The van der Waals surface area contributed by atoms with Crippen molar-refractivity contribution in [3.63, 3.8) is 0 Å². The summed E-state index contributed by atoms with van der Waals surface area (Å²) in [6.07, 6.45) is -0.170. The van der Waals surface area contributed by atoms with Gasteiger partial charge in [-0.05, 0) is 56.3 Å². The molecule has 2 aromatic rings. The van der Waals surface area contributed by atoms with E-state index in [0.717, 1.165) is 0 Å². The Hall–Kier alpha value is -2.52. The first-order chi connectivity index (χ1) is 13.8. The molecule has 2 amide bonds. The average Bonchev–Trinajstić information content (AvgIpc) is 2.69. The van der Waals surface area contributed by atoms with Crippen LogP contribution in [-0.4, -0.2) is 37.8 Å². The summed E-state index contributed by atoms with van der Waals surface area (Å²) in [4.78, 5) is 24.6. The Kier molecular flexibility index (Phi) is 6.49. The molecule has 0 radical (unpaired) electrons. The van der Waals surface area contributed by atoms with Gasteiger partial charge >= 0.3 is 0 Å². The molecule has 0 spiro atoms. The van der Waals surface area contributed by atoms with Crippen LogP contribution < -0.4 is 15.4 Å². The standard InChI is InChI=1S/C20H22N2O5S2/c1-3-27-15-6-4-14(5-7-15)21-19(23)10-13(2)29(25,26)16-8-9-17-18(11-16)28-12-20(24)22-17/h4-9,11,13H,3,10,12H2,1-2H3,(H,21,23)(H,22,24). The summed E-state index contributed by atoms with van der Waals surface area (Å²) >= 11 is 1.29. The number of nitrogens with one attached hydrogen (secondary N) is 2. The molecule has 3 rings (SSSR count). The maximum atomic E-state index is 12.9. The molecule has 154 valence electrons. The molecule has 2 N–H and O–H groups in total. The van der Waals surface area contributed by atoms with Crippen molar-refractivity contribution >= 4 is 44.8 Å². The number of thioether (sulfide) groups is 1. The highest BCUT2D eigenvalue weighted by Crippen LogP contribution is 2.34. The van der Waals surface area contributed by atoms with E-state index in [9.17, 15) is 18.0 Å². The van der Waals surface area contributed by atoms with Crippen LogP contribution in [0.5, 0.6) is 5.75 Å². The molecule has 1 heterocycles. The topological polar surface area (TPSA) is 102 Å². The fourth-order valence-electron chi connectivity index (χ4n) is 2.85. The molecule has 1 atom stereocenters. The zero-order chi connectivity index (χ0) is 21.0. The highest BCUT2D eigenvalue weighted by atomic mass is 32.2. The number of benzene rings is 2. The number of carbonyl (C=O) groups is 2. The zero-order valence-electron chi connectivity index (χ0n) is 16.1. The van der Waals surface area contributed by atoms with E-state index in [0.29, 0.717) is 28.6 Å². The molecular formula is C20H22N2O5S2. The van der Waals surface area contributed by atoms with Crippen LogP contribution in [0.25, 0.3) is 0 Å². The summed E-state index contributed by atoms with van der Waals surface area (Å²) < 4.78 is 31.1. The van der Waals surface area contributed by atoms with E-state index in [1.165, 1.54) is 24.8 Å². The SMILES string of the molecule is CCOc1ccc(NC(=O)CC(C)S(=O)(=O)c2ccc3c(c2)SCC(=O)N3)cc1. The maximum absolute atomic E-state index is 12.9. The van der Waals surface area contributed by atoms with Crippen LogP contribution in [0.15, 0.2) is 52.3 Å². The Morgan fingerprint density at radius 1 is 1.24 bits per heavy atom. The van der Waals surface area contributed by atoms with Crippen molar-refractivity contribution in [3.8, 4) is 5.75 Å². The molecular weight excluding hydrogens is 412 g/mol. The van der Waals surface area contributed by atoms with E-state index in [4.69, 9.17) is 4.74 Å². The number of anilines is 2. The Morgan fingerprint density at radius 3 is 2.66 bits per heavy atom. The Bertz CT molecular complexity index is 1020. The largest absolute Gasteiger partial charge is 0.494 e. The van der Waals surface area contributed by atoms with Gasteiger partial charge in [0, 0.05) is 17.0 Å². The summed E-state index contributed by atoms with van der Waals surface area (Å²) in [5.74, 6) is 0.446. The quantitative estimate of drug-likeness (QED) is 0.693. The van der Waals surface area contributed by atoms with Gasteiger partial charge in [-0.25, -0.2) is 8.42 Å². The number of amides is 2. The first-order valence-electron chi connectivity index (χ1n) is 9.13. The number of sulfone groups is 1. The molecule has 0 fully saturated rings. The molecule has 2 aromatic carbocycles. The minimum atomic E-state index is -3.69. The van der Waals surface area contributed by atoms with Gasteiger partial charge in [-0.15, -0.1) is 11.8 Å². The molecule has 0 saturated heterocycles. The van der Waals surface area contributed by atoms with Crippen LogP contribution >= 0.6 is 11.8 Å². The lowest BCUT2D eigenvalue weighted by Crippen LogP contribution is -2.25. The summed E-state index contributed by atoms with van der Waals surface area (Å²) in [5.41, 5.74) is 1.18. The average molecular weight is 435 g/mol. The smallest absolute Gasteiger partial charge is 0.234 e. The van der Waals surface area contributed by atoms with Gasteiger partial charge < -0.3 is 15.4 Å². The van der Waals surface area contributed by atoms with Gasteiger partial charge in [0.25, 0.3) is 0 Å². The van der Waals surface area contributed by atoms with Gasteiger partial charge in [0.05, 0.1) is 28.2 Å². The molecule has 0 aromatic heterocycles. The molecule has 1 unspecified atom stereocenters. The first kappa shape index (κ1) is 21.2. The van der Waals surface area contributed by atoms with E-state index < -0.39 is 15.1 Å². The Balaban J connectivity index is 1.66. The molecule has 0 aliphatic carbocycles. The second kappa shape index (κ2) is 8.87. The monoisotopic (exact) mass is 434 g/mol. The lowest BCUT2D eigenvalue weighted by molar-refractivity contribution is -0.116. The predicted octanol–water partition coefficient (Wildman–Crippen LogP) is 3.32. The first-order valence-corrected chi connectivity index (χ1v) is 11.7. The minimum Gasteiger partial charge on any atom is -0.494 e. The van der Waals surface area contributed by atoms with E-state index in [2.05, 4.69) is 10.6 Å². The van der Waals surface area contributed by atoms with Crippen molar-refractivity contribution in [2.45, 2.75) is 35.3 Å². The summed E-state index contributed by atoms with van der Waals surface area (Å²) in [7, 11) is -3.69. The van der Waals surface area contributed by atoms with Gasteiger partial charge in [0.2, 0.25) is 11.8 Å². The third-order valence-electron chi connectivity index (χ3n) is 4.37. The summed E-state index contributed by atoms with van der Waals surface area (Å²) in [6, 6.07) is 11.5. The highest BCUT2D eigenvalue weighted by Gasteiger charge is 2.27. The van der Waals surface area contributed by atoms with Gasteiger partial charge in [0.1, 0.15) is 5.75 Å². The molecule has 9 heteroatoms. The lowest BCUT2D eigenvalue weighted by atomic mass is 10.2. The van der Waals surface area contributed by atoms with E-state index in [1.54, 1.807) is 36.4 Å². The number of hydrogen-bond donors (Lipinski definition) is 2. The molecule has 7 nitrogen and oxygen atoms in total. The van der Waals surface area contributed by atoms with Crippen molar-refractivity contribution in [2.24, 2.45) is 0 Å². The van der Waals surface area contributed by atoms with Crippen LogP contribution in [0.1, 0.15) is 20.3 Å². The highest BCUT2D eigenvalue weighted by molar-refractivity contribution is 8.00. The third-order valence-corrected chi connectivity index (χ3v) is 7.56. The van der Waals surface area contributed by atoms with Gasteiger partial charge in [-0.3, -0.25) is 9.59 Å². The fourth-order valence-corrected chi connectivity index (χ4v) is 5.14. The Labute approximate surface area is 174 Å². The molecule has 1 aliphatic rings. The van der Waals surface area contributed by atoms with Crippen LogP contribution in [-0.2, 0) is 19.4 Å². The van der Waals surface area contributed by atoms with Crippen LogP contribution in [0.2, 0.25) is 0 Å². The van der Waals surface area contributed by atoms with E-state index >= 15 is 0 Å². The molecule has 0 saturated carbocycles. The zero-order valence-corrected chi connectivity index (χ0v) is 17.7. The van der Waals surface area contributed by atoms with Crippen LogP contribution in [0.4, 0.5) is 11.4 Å². The molecule has 0 bridgehead atoms. The van der Waals surface area contributed by atoms with Crippen molar-refractivity contribution in [1.29, 1.82) is 0 Å². The summed E-state index contributed by atoms with van der Waals surface area (Å²) in [5, 5.41) is 4.52. The van der Waals surface area contributed by atoms with Gasteiger partial charge in [-0.1, -0.05) is 0 Å². The second-order valence-electron chi connectivity index (χ2n) is 6.56. The Morgan fingerprint density at radius 2 is 1.97 bits per heavy atom. The van der Waals surface area contributed by atoms with E-state index in [-0.39, 0.29) is 28.9 Å². The number of ether oxygens (including phenoxy) is 1. The molecule has 29 heavy (non-hydrogen) atoms. The minimum absolute atomic E-state index is 0.113. The second-order valence-corrected chi connectivity index (χ2v) is 9.94. The summed E-state index contributed by atoms with van der Waals surface area (Å²) in [6.45, 7) is 3.95. The third kappa shape index (κ3) is 5.10. The lowest BCUT2D eigenvalue weighted by Gasteiger charge is -2.18. The maximum Gasteiger partial charge on any atom is 0.234 e. The van der Waals surface area contributed by atoms with Crippen LogP contribution in [0.3, 0.4) is 0 Å². The number of carbonyl (C=O) groups excluding carboxylic acids is 2. The van der Waals surface area contributed by atoms with Crippen molar-refractivity contribution in [2.75, 3.05) is 23.0 Å². The normalized spacial score (nSPS) is 14.5. The number of rotatable bonds is 7. The van der Waals surface area contributed by atoms with Crippen LogP contribution in [0, 0.1) is 0 Å².